The van der Waals surface area contributed by atoms with Gasteiger partial charge in [-0.25, -0.2) is 0 Å². The summed E-state index contributed by atoms with van der Waals surface area (Å²) in [6, 6.07) is 2.27. The predicted octanol–water partition coefficient (Wildman–Crippen LogP) is 2.28. The molecule has 1 saturated carbocycles. The topological polar surface area (TPSA) is 69.9 Å². The van der Waals surface area contributed by atoms with Crippen molar-refractivity contribution in [3.8, 4) is 0 Å². The molecule has 3 rings (SSSR count). The number of hydrogen-bond acceptors (Lipinski definition) is 4. The standard InChI is InChI=1S/C14H20N4O/c1-2-3-12-16-13(19-17-12)9-18-7-6-11(8-18)14(15)10-4-5-10/h6-8,10,14H,2-5,9,15H2,1H3. The van der Waals surface area contributed by atoms with Crippen molar-refractivity contribution in [2.24, 2.45) is 11.7 Å². The van der Waals surface area contributed by atoms with Gasteiger partial charge in [0.25, 0.3) is 0 Å². The number of nitrogens with zero attached hydrogens (tertiary/aromatic N) is 3. The van der Waals surface area contributed by atoms with E-state index < -0.39 is 0 Å². The third kappa shape index (κ3) is 2.87. The molecule has 5 heteroatoms. The summed E-state index contributed by atoms with van der Waals surface area (Å²) < 4.78 is 7.29. The molecule has 0 radical (unpaired) electrons. The van der Waals surface area contributed by atoms with E-state index in [9.17, 15) is 0 Å². The molecule has 1 unspecified atom stereocenters. The SMILES string of the molecule is CCCc1noc(Cn2ccc(C(N)C3CC3)c2)n1. The van der Waals surface area contributed by atoms with Crippen LogP contribution in [0.25, 0.3) is 0 Å². The lowest BCUT2D eigenvalue weighted by Crippen LogP contribution is -2.11. The van der Waals surface area contributed by atoms with E-state index >= 15 is 0 Å². The van der Waals surface area contributed by atoms with Crippen LogP contribution >= 0.6 is 0 Å². The number of rotatable bonds is 6. The largest absolute Gasteiger partial charge is 0.345 e. The number of nitrogens with two attached hydrogens (primary N) is 1. The van der Waals surface area contributed by atoms with Crippen molar-refractivity contribution in [2.45, 2.75) is 45.2 Å². The molecule has 2 aromatic rings. The molecule has 1 aliphatic rings. The molecule has 1 atom stereocenters. The fraction of sp³-hybridized carbons (Fsp3) is 0.571. The average molecular weight is 260 g/mol. The fourth-order valence-corrected chi connectivity index (χ4v) is 2.32. The van der Waals surface area contributed by atoms with E-state index in [1.54, 1.807) is 0 Å². The molecule has 2 aromatic heterocycles. The Morgan fingerprint density at radius 3 is 3.11 bits per heavy atom. The first-order valence-corrected chi connectivity index (χ1v) is 6.99. The third-order valence-electron chi connectivity index (χ3n) is 3.59. The zero-order valence-corrected chi connectivity index (χ0v) is 11.2. The van der Waals surface area contributed by atoms with Gasteiger partial charge in [-0.3, -0.25) is 0 Å². The van der Waals surface area contributed by atoms with Crippen molar-refractivity contribution in [2.75, 3.05) is 0 Å². The van der Waals surface area contributed by atoms with E-state index in [2.05, 4.69) is 33.9 Å². The molecule has 0 aromatic carbocycles. The highest BCUT2D eigenvalue weighted by Crippen LogP contribution is 2.39. The summed E-state index contributed by atoms with van der Waals surface area (Å²) in [6.45, 7) is 2.72. The smallest absolute Gasteiger partial charge is 0.246 e. The van der Waals surface area contributed by atoms with Gasteiger partial charge in [0.15, 0.2) is 5.82 Å². The van der Waals surface area contributed by atoms with Crippen LogP contribution in [0.5, 0.6) is 0 Å². The highest BCUT2D eigenvalue weighted by molar-refractivity contribution is 5.18. The first-order valence-electron chi connectivity index (χ1n) is 6.99. The molecule has 1 fully saturated rings. The van der Waals surface area contributed by atoms with Gasteiger partial charge in [0.2, 0.25) is 5.89 Å². The lowest BCUT2D eigenvalue weighted by Gasteiger charge is -2.06. The minimum atomic E-state index is 0.180. The molecule has 0 spiro atoms. The molecule has 19 heavy (non-hydrogen) atoms. The van der Waals surface area contributed by atoms with Crippen molar-refractivity contribution in [3.63, 3.8) is 0 Å². The molecule has 1 aliphatic carbocycles. The van der Waals surface area contributed by atoms with Gasteiger partial charge in [-0.05, 0) is 36.8 Å². The minimum Gasteiger partial charge on any atom is -0.345 e. The molecule has 0 amide bonds. The molecule has 0 saturated heterocycles. The van der Waals surface area contributed by atoms with Crippen LogP contribution < -0.4 is 5.73 Å². The fourth-order valence-electron chi connectivity index (χ4n) is 2.32. The Morgan fingerprint density at radius 2 is 2.37 bits per heavy atom. The van der Waals surface area contributed by atoms with E-state index in [-0.39, 0.29) is 6.04 Å². The van der Waals surface area contributed by atoms with E-state index in [0.29, 0.717) is 18.4 Å². The van der Waals surface area contributed by atoms with Crippen molar-refractivity contribution in [3.05, 3.63) is 35.7 Å². The summed E-state index contributed by atoms with van der Waals surface area (Å²) in [5.41, 5.74) is 7.39. The quantitative estimate of drug-likeness (QED) is 0.865. The van der Waals surface area contributed by atoms with Crippen LogP contribution in [0.4, 0.5) is 0 Å². The van der Waals surface area contributed by atoms with Gasteiger partial charge in [0.1, 0.15) is 6.54 Å². The summed E-state index contributed by atoms with van der Waals surface area (Å²) in [4.78, 5) is 4.37. The molecule has 0 bridgehead atoms. The average Bonchev–Trinajstić information content (AvgIpc) is 3.00. The maximum Gasteiger partial charge on any atom is 0.246 e. The van der Waals surface area contributed by atoms with Gasteiger partial charge in [-0.15, -0.1) is 0 Å². The Bertz CT molecular complexity index is 541. The first-order chi connectivity index (χ1) is 9.26. The summed E-state index contributed by atoms with van der Waals surface area (Å²) in [5.74, 6) is 2.13. The third-order valence-corrected chi connectivity index (χ3v) is 3.59. The Hall–Kier alpha value is -1.62. The molecule has 2 N–H and O–H groups in total. The summed E-state index contributed by atoms with van der Waals surface area (Å²) in [6.07, 6.45) is 8.54. The Labute approximate surface area is 112 Å². The maximum absolute atomic E-state index is 6.19. The summed E-state index contributed by atoms with van der Waals surface area (Å²) in [5, 5.41) is 3.96. The number of aryl methyl sites for hydroxylation is 1. The van der Waals surface area contributed by atoms with E-state index in [4.69, 9.17) is 10.3 Å². The van der Waals surface area contributed by atoms with Crippen molar-refractivity contribution < 1.29 is 4.52 Å². The second-order valence-corrected chi connectivity index (χ2v) is 5.33. The molecular weight excluding hydrogens is 240 g/mol. The molecule has 5 nitrogen and oxygen atoms in total. The monoisotopic (exact) mass is 260 g/mol. The molecule has 102 valence electrons. The minimum absolute atomic E-state index is 0.180. The normalized spacial score (nSPS) is 16.7. The molecular formula is C14H20N4O. The highest BCUT2D eigenvalue weighted by Gasteiger charge is 2.29. The van der Waals surface area contributed by atoms with E-state index in [1.165, 1.54) is 18.4 Å². The van der Waals surface area contributed by atoms with Crippen LogP contribution in [0.3, 0.4) is 0 Å². The van der Waals surface area contributed by atoms with Crippen molar-refractivity contribution >= 4 is 0 Å². The van der Waals surface area contributed by atoms with Crippen molar-refractivity contribution in [1.82, 2.24) is 14.7 Å². The Morgan fingerprint density at radius 1 is 1.53 bits per heavy atom. The first kappa shape index (κ1) is 12.4. The van der Waals surface area contributed by atoms with Crippen LogP contribution in [-0.2, 0) is 13.0 Å². The summed E-state index contributed by atoms with van der Waals surface area (Å²) >= 11 is 0. The number of aromatic nitrogens is 3. The predicted molar refractivity (Wildman–Crippen MR) is 71.5 cm³/mol. The van der Waals surface area contributed by atoms with Gasteiger partial charge in [-0.1, -0.05) is 12.1 Å². The second-order valence-electron chi connectivity index (χ2n) is 5.33. The van der Waals surface area contributed by atoms with Gasteiger partial charge in [0.05, 0.1) is 0 Å². The second kappa shape index (κ2) is 5.17. The zero-order chi connectivity index (χ0) is 13.2. The van der Waals surface area contributed by atoms with Gasteiger partial charge in [-0.2, -0.15) is 4.98 Å². The van der Waals surface area contributed by atoms with Crippen LogP contribution in [0.1, 0.15) is 49.5 Å². The Balaban J connectivity index is 1.65. The van der Waals surface area contributed by atoms with Crippen LogP contribution in [0.2, 0.25) is 0 Å². The van der Waals surface area contributed by atoms with Crippen LogP contribution in [-0.4, -0.2) is 14.7 Å². The van der Waals surface area contributed by atoms with E-state index in [1.807, 2.05) is 6.20 Å². The van der Waals surface area contributed by atoms with Gasteiger partial charge < -0.3 is 14.8 Å². The molecule has 0 aliphatic heterocycles. The molecule has 2 heterocycles. The zero-order valence-electron chi connectivity index (χ0n) is 11.2. The van der Waals surface area contributed by atoms with E-state index in [0.717, 1.165) is 18.7 Å². The lowest BCUT2D eigenvalue weighted by atomic mass is 10.1. The van der Waals surface area contributed by atoms with Gasteiger partial charge >= 0.3 is 0 Å². The van der Waals surface area contributed by atoms with Gasteiger partial charge in [0, 0.05) is 24.9 Å². The van der Waals surface area contributed by atoms with Crippen LogP contribution in [0, 0.1) is 5.92 Å². The highest BCUT2D eigenvalue weighted by atomic mass is 16.5. The number of hydrogen-bond donors (Lipinski definition) is 1. The maximum atomic E-state index is 6.19. The summed E-state index contributed by atoms with van der Waals surface area (Å²) in [7, 11) is 0. The van der Waals surface area contributed by atoms with Crippen molar-refractivity contribution in [1.29, 1.82) is 0 Å². The Kier molecular flexibility index (Phi) is 3.38. The lowest BCUT2D eigenvalue weighted by molar-refractivity contribution is 0.366. The van der Waals surface area contributed by atoms with Crippen LogP contribution in [0.15, 0.2) is 23.0 Å².